The van der Waals surface area contributed by atoms with Gasteiger partial charge in [0.1, 0.15) is 5.82 Å². The van der Waals surface area contributed by atoms with Crippen molar-refractivity contribution in [2.24, 2.45) is 5.41 Å². The SMILES string of the molecule is CC(c1ccc(F)c(Cl)c1)N1CCCC(C)(C(=O)O)C1. The highest BCUT2D eigenvalue weighted by molar-refractivity contribution is 6.30. The van der Waals surface area contributed by atoms with Crippen molar-refractivity contribution in [1.29, 1.82) is 0 Å². The van der Waals surface area contributed by atoms with E-state index in [4.69, 9.17) is 11.6 Å². The van der Waals surface area contributed by atoms with Crippen LogP contribution >= 0.6 is 11.6 Å². The van der Waals surface area contributed by atoms with Crippen molar-refractivity contribution >= 4 is 17.6 Å². The summed E-state index contributed by atoms with van der Waals surface area (Å²) in [7, 11) is 0. The predicted molar refractivity (Wildman–Crippen MR) is 76.4 cm³/mol. The number of piperidine rings is 1. The third-order valence-corrected chi connectivity index (χ3v) is 4.51. The summed E-state index contributed by atoms with van der Waals surface area (Å²) in [6, 6.07) is 4.70. The van der Waals surface area contributed by atoms with Crippen LogP contribution in [0, 0.1) is 11.2 Å². The fourth-order valence-corrected chi connectivity index (χ4v) is 2.96. The summed E-state index contributed by atoms with van der Waals surface area (Å²) < 4.78 is 13.2. The molecule has 2 unspecified atom stereocenters. The lowest BCUT2D eigenvalue weighted by molar-refractivity contribution is -0.151. The number of carboxylic acids is 1. The van der Waals surface area contributed by atoms with Crippen LogP contribution in [0.15, 0.2) is 18.2 Å². The molecule has 2 atom stereocenters. The highest BCUT2D eigenvalue weighted by Crippen LogP contribution is 2.34. The Morgan fingerprint density at radius 3 is 2.85 bits per heavy atom. The first-order valence-corrected chi connectivity index (χ1v) is 7.14. The number of nitrogens with zero attached hydrogens (tertiary/aromatic N) is 1. The van der Waals surface area contributed by atoms with Gasteiger partial charge in [0.25, 0.3) is 0 Å². The largest absolute Gasteiger partial charge is 0.481 e. The maximum absolute atomic E-state index is 13.2. The first-order chi connectivity index (χ1) is 9.33. The Kier molecular flexibility index (Phi) is 4.35. The number of benzene rings is 1. The fourth-order valence-electron chi connectivity index (χ4n) is 2.77. The molecule has 0 radical (unpaired) electrons. The van der Waals surface area contributed by atoms with Crippen molar-refractivity contribution in [1.82, 2.24) is 4.90 Å². The molecule has 5 heteroatoms. The van der Waals surface area contributed by atoms with Gasteiger partial charge in [0.15, 0.2) is 0 Å². The third-order valence-electron chi connectivity index (χ3n) is 4.22. The van der Waals surface area contributed by atoms with Crippen LogP contribution in [0.3, 0.4) is 0 Å². The van der Waals surface area contributed by atoms with Crippen LogP contribution in [0.4, 0.5) is 4.39 Å². The van der Waals surface area contributed by atoms with E-state index < -0.39 is 17.2 Å². The number of likely N-dealkylation sites (tertiary alicyclic amines) is 1. The molecule has 1 saturated heterocycles. The van der Waals surface area contributed by atoms with Crippen LogP contribution in [-0.4, -0.2) is 29.1 Å². The van der Waals surface area contributed by atoms with E-state index in [1.807, 2.05) is 6.92 Å². The summed E-state index contributed by atoms with van der Waals surface area (Å²) in [5.74, 6) is -1.19. The fraction of sp³-hybridized carbons (Fsp3) is 0.533. The molecule has 0 saturated carbocycles. The molecule has 0 bridgehead atoms. The van der Waals surface area contributed by atoms with Crippen LogP contribution in [0.5, 0.6) is 0 Å². The molecule has 0 aromatic heterocycles. The molecule has 20 heavy (non-hydrogen) atoms. The molecule has 1 aliphatic heterocycles. The summed E-state index contributed by atoms with van der Waals surface area (Å²) in [5, 5.41) is 9.45. The zero-order valence-corrected chi connectivity index (χ0v) is 12.5. The van der Waals surface area contributed by atoms with Crippen LogP contribution < -0.4 is 0 Å². The lowest BCUT2D eigenvalue weighted by Gasteiger charge is -2.40. The molecule has 0 amide bonds. The smallest absolute Gasteiger partial charge is 0.310 e. The molecule has 1 fully saturated rings. The minimum absolute atomic E-state index is 0.0204. The number of hydrogen-bond acceptors (Lipinski definition) is 2. The molecule has 0 aliphatic carbocycles. The molecule has 1 heterocycles. The Hall–Kier alpha value is -1.13. The lowest BCUT2D eigenvalue weighted by atomic mass is 9.81. The maximum atomic E-state index is 13.2. The van der Waals surface area contributed by atoms with Crippen LogP contribution in [0.2, 0.25) is 5.02 Å². The van der Waals surface area contributed by atoms with E-state index in [0.717, 1.165) is 18.5 Å². The Morgan fingerprint density at radius 1 is 1.55 bits per heavy atom. The first-order valence-electron chi connectivity index (χ1n) is 6.76. The monoisotopic (exact) mass is 299 g/mol. The second-order valence-corrected chi connectivity index (χ2v) is 6.20. The van der Waals surface area contributed by atoms with Gasteiger partial charge in [-0.1, -0.05) is 17.7 Å². The molecule has 0 spiro atoms. The normalized spacial score (nSPS) is 25.4. The number of carboxylic acid groups (broad SMARTS) is 1. The summed E-state index contributed by atoms with van der Waals surface area (Å²) in [5.41, 5.74) is 0.196. The standard InChI is InChI=1S/C15H19ClFNO2/c1-10(11-4-5-13(17)12(16)8-11)18-7-3-6-15(2,9-18)14(19)20/h4-5,8,10H,3,6-7,9H2,1-2H3,(H,19,20). The van der Waals surface area contributed by atoms with Crippen LogP contribution in [0.1, 0.15) is 38.3 Å². The number of hydrogen-bond donors (Lipinski definition) is 1. The molecule has 1 N–H and O–H groups in total. The molecular weight excluding hydrogens is 281 g/mol. The van der Waals surface area contributed by atoms with Crippen molar-refractivity contribution < 1.29 is 14.3 Å². The van der Waals surface area contributed by atoms with Gasteiger partial charge in [-0.2, -0.15) is 0 Å². The van der Waals surface area contributed by atoms with Gasteiger partial charge in [-0.15, -0.1) is 0 Å². The van der Waals surface area contributed by atoms with Crippen molar-refractivity contribution in [3.8, 4) is 0 Å². The third kappa shape index (κ3) is 2.96. The Bertz CT molecular complexity index is 523. The first kappa shape index (κ1) is 15.3. The zero-order valence-electron chi connectivity index (χ0n) is 11.7. The molecule has 2 rings (SSSR count). The van der Waals surface area contributed by atoms with Gasteiger partial charge in [0.2, 0.25) is 0 Å². The minimum atomic E-state index is -0.758. The quantitative estimate of drug-likeness (QED) is 0.924. The molecule has 1 aliphatic rings. The van der Waals surface area contributed by atoms with Gasteiger partial charge < -0.3 is 5.11 Å². The Morgan fingerprint density at radius 2 is 2.25 bits per heavy atom. The van der Waals surface area contributed by atoms with Crippen LogP contribution in [-0.2, 0) is 4.79 Å². The van der Waals surface area contributed by atoms with Gasteiger partial charge in [-0.05, 0) is 50.9 Å². The minimum Gasteiger partial charge on any atom is -0.481 e. The topological polar surface area (TPSA) is 40.5 Å². The van der Waals surface area contributed by atoms with E-state index in [1.54, 1.807) is 19.1 Å². The van der Waals surface area contributed by atoms with E-state index in [2.05, 4.69) is 4.90 Å². The number of rotatable bonds is 3. The summed E-state index contributed by atoms with van der Waals surface area (Å²) in [4.78, 5) is 13.5. The summed E-state index contributed by atoms with van der Waals surface area (Å²) in [6.45, 7) is 5.13. The van der Waals surface area contributed by atoms with E-state index >= 15 is 0 Å². The van der Waals surface area contributed by atoms with Gasteiger partial charge in [-0.25, -0.2) is 4.39 Å². The van der Waals surface area contributed by atoms with Gasteiger partial charge in [0, 0.05) is 12.6 Å². The van der Waals surface area contributed by atoms with Crippen molar-refractivity contribution in [3.05, 3.63) is 34.6 Å². The predicted octanol–water partition coefficient (Wildman–Crippen LogP) is 3.73. The van der Waals surface area contributed by atoms with Gasteiger partial charge >= 0.3 is 5.97 Å². The van der Waals surface area contributed by atoms with Crippen molar-refractivity contribution in [2.75, 3.05) is 13.1 Å². The van der Waals surface area contributed by atoms with E-state index in [0.29, 0.717) is 13.0 Å². The second-order valence-electron chi connectivity index (χ2n) is 5.79. The van der Waals surface area contributed by atoms with E-state index in [1.165, 1.54) is 6.07 Å². The van der Waals surface area contributed by atoms with E-state index in [-0.39, 0.29) is 11.1 Å². The summed E-state index contributed by atoms with van der Waals surface area (Å²) in [6.07, 6.45) is 1.54. The number of aliphatic carboxylic acids is 1. The average molecular weight is 300 g/mol. The molecule has 3 nitrogen and oxygen atoms in total. The van der Waals surface area contributed by atoms with Gasteiger partial charge in [-0.3, -0.25) is 9.69 Å². The Balaban J connectivity index is 2.18. The Labute approximate surface area is 123 Å². The highest BCUT2D eigenvalue weighted by atomic mass is 35.5. The second kappa shape index (κ2) is 5.70. The van der Waals surface area contributed by atoms with Gasteiger partial charge in [0.05, 0.1) is 10.4 Å². The van der Waals surface area contributed by atoms with Crippen LogP contribution in [0.25, 0.3) is 0 Å². The maximum Gasteiger partial charge on any atom is 0.310 e. The van der Waals surface area contributed by atoms with Crippen molar-refractivity contribution in [3.63, 3.8) is 0 Å². The molecule has 1 aromatic rings. The summed E-state index contributed by atoms with van der Waals surface area (Å²) >= 11 is 5.82. The van der Waals surface area contributed by atoms with E-state index in [9.17, 15) is 14.3 Å². The highest BCUT2D eigenvalue weighted by Gasteiger charge is 2.39. The number of halogens is 2. The van der Waals surface area contributed by atoms with Crippen molar-refractivity contribution in [2.45, 2.75) is 32.7 Å². The molecular formula is C15H19ClFNO2. The lowest BCUT2D eigenvalue weighted by Crippen LogP contribution is -2.46. The molecule has 110 valence electrons. The average Bonchev–Trinajstić information content (AvgIpc) is 2.41. The number of carbonyl (C=O) groups is 1. The molecule has 1 aromatic carbocycles. The zero-order chi connectivity index (χ0) is 14.9.